The first kappa shape index (κ1) is 17.1. The second-order valence-electron chi connectivity index (χ2n) is 5.04. The van der Waals surface area contributed by atoms with Crippen LogP contribution in [0.3, 0.4) is 0 Å². The van der Waals surface area contributed by atoms with Crippen molar-refractivity contribution in [2.75, 3.05) is 5.32 Å². The number of benzene rings is 1. The van der Waals surface area contributed by atoms with Gasteiger partial charge in [-0.05, 0) is 18.9 Å². The third kappa shape index (κ3) is 4.19. The maximum atomic E-state index is 12.3. The number of anilines is 1. The zero-order valence-corrected chi connectivity index (χ0v) is 15.7. The highest BCUT2D eigenvalue weighted by atomic mass is 32.2. The summed E-state index contributed by atoms with van der Waals surface area (Å²) < 4.78 is 0.786. The van der Waals surface area contributed by atoms with Gasteiger partial charge in [0.2, 0.25) is 5.91 Å². The minimum Gasteiger partial charge on any atom is -0.301 e. The van der Waals surface area contributed by atoms with Crippen LogP contribution in [0.15, 0.2) is 39.5 Å². The Kier molecular flexibility index (Phi) is 5.60. The fourth-order valence-electron chi connectivity index (χ4n) is 2.00. The van der Waals surface area contributed by atoms with Gasteiger partial charge in [-0.25, -0.2) is 4.98 Å². The fraction of sp³-hybridized carbons (Fsp3) is 0.250. The number of amides is 1. The van der Waals surface area contributed by atoms with E-state index < -0.39 is 0 Å². The molecule has 0 spiro atoms. The van der Waals surface area contributed by atoms with Crippen LogP contribution in [0.1, 0.15) is 19.4 Å². The second kappa shape index (κ2) is 7.87. The van der Waals surface area contributed by atoms with Crippen LogP contribution in [-0.4, -0.2) is 26.3 Å². The van der Waals surface area contributed by atoms with E-state index >= 15 is 0 Å². The highest BCUT2D eigenvalue weighted by Crippen LogP contribution is 2.28. The van der Waals surface area contributed by atoms with E-state index in [2.05, 4.69) is 51.7 Å². The molecule has 0 saturated heterocycles. The number of nitrogens with one attached hydrogen (secondary N) is 1. The quantitative estimate of drug-likeness (QED) is 0.648. The second-order valence-corrected chi connectivity index (χ2v) is 8.32. The number of thioether (sulfide) groups is 1. The highest BCUT2D eigenvalue weighted by molar-refractivity contribution is 8.02. The Morgan fingerprint density at radius 2 is 2.08 bits per heavy atom. The Bertz CT molecular complexity index is 799. The molecule has 3 aromatic rings. The van der Waals surface area contributed by atoms with E-state index in [0.29, 0.717) is 5.13 Å². The van der Waals surface area contributed by atoms with E-state index in [1.54, 1.807) is 5.51 Å². The fourth-order valence-corrected chi connectivity index (χ4v) is 4.35. The lowest BCUT2D eigenvalue weighted by Crippen LogP contribution is -2.22. The number of thiazole rings is 1. The van der Waals surface area contributed by atoms with Crippen molar-refractivity contribution in [2.45, 2.75) is 29.9 Å². The molecular formula is C16H16N4OS3. The minimum absolute atomic E-state index is 0.0857. The largest absolute Gasteiger partial charge is 0.301 e. The molecule has 8 heteroatoms. The van der Waals surface area contributed by atoms with E-state index in [1.807, 2.05) is 12.3 Å². The van der Waals surface area contributed by atoms with Gasteiger partial charge in [-0.3, -0.25) is 4.79 Å². The van der Waals surface area contributed by atoms with Crippen LogP contribution in [0.5, 0.6) is 0 Å². The maximum absolute atomic E-state index is 12.3. The topological polar surface area (TPSA) is 67.8 Å². The van der Waals surface area contributed by atoms with Crippen molar-refractivity contribution in [3.05, 3.63) is 40.7 Å². The molecule has 2 aromatic heterocycles. The average molecular weight is 377 g/mol. The van der Waals surface area contributed by atoms with Gasteiger partial charge in [-0.15, -0.1) is 21.5 Å². The molecule has 0 aliphatic carbocycles. The number of carbonyl (C=O) groups is 1. The molecule has 2 heterocycles. The summed E-state index contributed by atoms with van der Waals surface area (Å²) in [7, 11) is 0. The van der Waals surface area contributed by atoms with Crippen LogP contribution in [0.4, 0.5) is 5.13 Å². The number of hydrogen-bond donors (Lipinski definition) is 1. The van der Waals surface area contributed by atoms with E-state index in [0.717, 1.165) is 22.0 Å². The number of hydrogen-bond acceptors (Lipinski definition) is 7. The van der Waals surface area contributed by atoms with Gasteiger partial charge in [-0.2, -0.15) is 0 Å². The van der Waals surface area contributed by atoms with Crippen LogP contribution in [0, 0.1) is 0 Å². The summed E-state index contributed by atoms with van der Waals surface area (Å²) in [5.74, 6) is -0.0857. The highest BCUT2D eigenvalue weighted by Gasteiger charge is 2.17. The molecule has 0 fully saturated rings. The summed E-state index contributed by atoms with van der Waals surface area (Å²) in [5.41, 5.74) is 4.89. The van der Waals surface area contributed by atoms with Gasteiger partial charge in [0.15, 0.2) is 9.47 Å². The molecule has 24 heavy (non-hydrogen) atoms. The van der Waals surface area contributed by atoms with Gasteiger partial charge < -0.3 is 5.32 Å². The Labute approximate surface area is 152 Å². The summed E-state index contributed by atoms with van der Waals surface area (Å²) in [6.07, 6.45) is 1.02. The maximum Gasteiger partial charge on any atom is 0.239 e. The summed E-state index contributed by atoms with van der Waals surface area (Å²) in [6.45, 7) is 3.98. The first-order chi connectivity index (χ1) is 11.7. The average Bonchev–Trinajstić information content (AvgIpc) is 3.27. The SMILES string of the molecule is CCc1ccc(-c2csc(NC(=O)[C@H](C)Sc3nncs3)n2)cc1. The van der Waals surface area contributed by atoms with Crippen LogP contribution in [0.25, 0.3) is 11.3 Å². The van der Waals surface area contributed by atoms with Gasteiger partial charge in [0.25, 0.3) is 0 Å². The van der Waals surface area contributed by atoms with Crippen molar-refractivity contribution in [1.29, 1.82) is 0 Å². The van der Waals surface area contributed by atoms with Crippen molar-refractivity contribution in [3.63, 3.8) is 0 Å². The van der Waals surface area contributed by atoms with Crippen LogP contribution < -0.4 is 5.32 Å². The van der Waals surface area contributed by atoms with Crippen LogP contribution in [-0.2, 0) is 11.2 Å². The molecule has 1 N–H and O–H groups in total. The monoisotopic (exact) mass is 376 g/mol. The number of carbonyl (C=O) groups excluding carboxylic acids is 1. The van der Waals surface area contributed by atoms with Gasteiger partial charge in [-0.1, -0.05) is 54.3 Å². The molecular weight excluding hydrogens is 360 g/mol. The molecule has 0 unspecified atom stereocenters. The van der Waals surface area contributed by atoms with E-state index in [9.17, 15) is 4.79 Å². The lowest BCUT2D eigenvalue weighted by Gasteiger charge is -2.07. The first-order valence-corrected chi connectivity index (χ1v) is 10.1. The predicted octanol–water partition coefficient (Wildman–Crippen LogP) is 4.34. The molecule has 0 radical (unpaired) electrons. The standard InChI is InChI=1S/C16H16N4OS3/c1-3-11-4-6-12(7-5-11)13-8-22-15(18-13)19-14(21)10(2)24-16-20-17-9-23-16/h4-10H,3H2,1-2H3,(H,18,19,21)/t10-/m0/s1. The lowest BCUT2D eigenvalue weighted by molar-refractivity contribution is -0.115. The third-order valence-corrected chi connectivity index (χ3v) is 6.05. The van der Waals surface area contributed by atoms with E-state index in [4.69, 9.17) is 0 Å². The molecule has 3 rings (SSSR count). The van der Waals surface area contributed by atoms with Crippen molar-refractivity contribution >= 4 is 45.5 Å². The zero-order chi connectivity index (χ0) is 16.9. The normalized spacial score (nSPS) is 12.1. The zero-order valence-electron chi connectivity index (χ0n) is 13.2. The molecule has 0 aliphatic rings. The summed E-state index contributed by atoms with van der Waals surface area (Å²) in [6, 6.07) is 8.34. The van der Waals surface area contributed by atoms with Gasteiger partial charge >= 0.3 is 0 Å². The number of nitrogens with zero attached hydrogens (tertiary/aromatic N) is 3. The molecule has 5 nitrogen and oxygen atoms in total. The van der Waals surface area contributed by atoms with Crippen LogP contribution >= 0.6 is 34.4 Å². The first-order valence-electron chi connectivity index (χ1n) is 7.44. The van der Waals surface area contributed by atoms with E-state index in [1.165, 1.54) is 40.0 Å². The number of aromatic nitrogens is 3. The molecule has 1 atom stereocenters. The number of aryl methyl sites for hydroxylation is 1. The van der Waals surface area contributed by atoms with Crippen molar-refractivity contribution in [1.82, 2.24) is 15.2 Å². The molecule has 124 valence electrons. The Hall–Kier alpha value is -1.77. The van der Waals surface area contributed by atoms with Crippen molar-refractivity contribution in [3.8, 4) is 11.3 Å². The van der Waals surface area contributed by atoms with Gasteiger partial charge in [0.05, 0.1) is 10.9 Å². The van der Waals surface area contributed by atoms with E-state index in [-0.39, 0.29) is 11.2 Å². The van der Waals surface area contributed by atoms with Crippen molar-refractivity contribution < 1.29 is 4.79 Å². The van der Waals surface area contributed by atoms with Crippen LogP contribution in [0.2, 0.25) is 0 Å². The van der Waals surface area contributed by atoms with Gasteiger partial charge in [0, 0.05) is 10.9 Å². The number of rotatable bonds is 6. The third-order valence-electron chi connectivity index (χ3n) is 3.38. The molecule has 0 aliphatic heterocycles. The minimum atomic E-state index is -0.255. The molecule has 0 saturated carbocycles. The summed E-state index contributed by atoms with van der Waals surface area (Å²) >= 11 is 4.25. The Balaban J connectivity index is 1.63. The summed E-state index contributed by atoms with van der Waals surface area (Å²) in [4.78, 5) is 16.8. The predicted molar refractivity (Wildman–Crippen MR) is 101 cm³/mol. The molecule has 0 bridgehead atoms. The van der Waals surface area contributed by atoms with Gasteiger partial charge in [0.1, 0.15) is 5.51 Å². The Morgan fingerprint density at radius 3 is 2.75 bits per heavy atom. The van der Waals surface area contributed by atoms with Crippen molar-refractivity contribution in [2.24, 2.45) is 0 Å². The summed E-state index contributed by atoms with van der Waals surface area (Å²) in [5, 5.41) is 12.9. The smallest absolute Gasteiger partial charge is 0.239 e. The molecule has 1 amide bonds. The lowest BCUT2D eigenvalue weighted by atomic mass is 10.1. The Morgan fingerprint density at radius 1 is 1.29 bits per heavy atom. The molecule has 1 aromatic carbocycles.